The fraction of sp³-hybridized carbons (Fsp3) is 0.250. The Kier molecular flexibility index (Phi) is 0.491. The van der Waals surface area contributed by atoms with Gasteiger partial charge in [0.05, 0.1) is 0 Å². The van der Waals surface area contributed by atoms with Crippen LogP contribution in [-0.2, 0) is 0 Å². The zero-order chi connectivity index (χ0) is 6.72. The lowest BCUT2D eigenvalue weighted by atomic mass is 10.3. The second-order valence-electron chi connectivity index (χ2n) is 2.19. The fourth-order valence-corrected chi connectivity index (χ4v) is 1.11. The van der Waals surface area contributed by atoms with Gasteiger partial charge in [-0.25, -0.2) is 0 Å². The summed E-state index contributed by atoms with van der Waals surface area (Å²) in [7, 11) is -0.591. The van der Waals surface area contributed by atoms with E-state index in [4.69, 9.17) is 14.1 Å². The molecule has 0 radical (unpaired) electrons. The first-order valence-corrected chi connectivity index (χ1v) is 2.94. The van der Waals surface area contributed by atoms with Crippen LogP contribution in [0.15, 0.2) is 0 Å². The summed E-state index contributed by atoms with van der Waals surface area (Å²) in [5, 5.41) is 0. The van der Waals surface area contributed by atoms with Crippen molar-refractivity contribution in [1.29, 1.82) is 0 Å². The van der Waals surface area contributed by atoms with E-state index in [1.165, 1.54) is 4.73 Å². The van der Waals surface area contributed by atoms with Crippen LogP contribution >= 0.6 is 0 Å². The molecule has 2 bridgehead atoms. The van der Waals surface area contributed by atoms with Gasteiger partial charge in [0.15, 0.2) is 0 Å². The van der Waals surface area contributed by atoms with Crippen LogP contribution in [0.5, 0.6) is 11.8 Å². The molecule has 1 aromatic rings. The standard InChI is InChI=1S/C4H3BN2O3/c1-2-6-3-4-7(2)10-5(8-3)9-4/h1H3. The molecule has 2 aliphatic rings. The number of hydrogen-bond acceptors (Lipinski definition) is 4. The average molecular weight is 138 g/mol. The van der Waals surface area contributed by atoms with Gasteiger partial charge >= 0.3 is 7.32 Å². The first-order chi connectivity index (χ1) is 4.84. The Morgan fingerprint density at radius 1 is 1.50 bits per heavy atom. The van der Waals surface area contributed by atoms with Gasteiger partial charge in [0, 0.05) is 0 Å². The maximum absolute atomic E-state index is 5.08. The minimum Gasteiger partial charge on any atom is -0.469 e. The van der Waals surface area contributed by atoms with Crippen molar-refractivity contribution >= 4 is 7.32 Å². The van der Waals surface area contributed by atoms with Crippen LogP contribution in [0.4, 0.5) is 0 Å². The molecule has 0 aliphatic carbocycles. The van der Waals surface area contributed by atoms with Gasteiger partial charge in [-0.05, 0) is 6.92 Å². The molecule has 3 heterocycles. The van der Waals surface area contributed by atoms with Gasteiger partial charge in [0.25, 0.3) is 11.8 Å². The van der Waals surface area contributed by atoms with Crippen LogP contribution in [0.25, 0.3) is 0 Å². The first kappa shape index (κ1) is 4.48. The number of imidazole rings is 1. The summed E-state index contributed by atoms with van der Waals surface area (Å²) in [4.78, 5) is 4.02. The molecular weight excluding hydrogens is 135 g/mol. The average Bonchev–Trinajstić information content (AvgIpc) is 2.44. The normalized spacial score (nSPS) is 16.7. The third-order valence-corrected chi connectivity index (χ3v) is 1.53. The summed E-state index contributed by atoms with van der Waals surface area (Å²) in [5.74, 6) is 1.88. The molecule has 0 spiro atoms. The summed E-state index contributed by atoms with van der Waals surface area (Å²) in [6.45, 7) is 1.83. The molecule has 0 aromatic carbocycles. The molecule has 10 heavy (non-hydrogen) atoms. The molecule has 0 atom stereocenters. The highest BCUT2D eigenvalue weighted by molar-refractivity contribution is 6.41. The highest BCUT2D eigenvalue weighted by Gasteiger charge is 2.50. The van der Waals surface area contributed by atoms with E-state index in [9.17, 15) is 0 Å². The molecule has 0 unspecified atom stereocenters. The van der Waals surface area contributed by atoms with E-state index in [-0.39, 0.29) is 0 Å². The van der Waals surface area contributed by atoms with Gasteiger partial charge in [0.1, 0.15) is 5.82 Å². The van der Waals surface area contributed by atoms with E-state index in [2.05, 4.69) is 4.98 Å². The first-order valence-electron chi connectivity index (χ1n) is 2.94. The van der Waals surface area contributed by atoms with Crippen molar-refractivity contribution in [2.75, 3.05) is 0 Å². The Morgan fingerprint density at radius 2 is 2.40 bits per heavy atom. The van der Waals surface area contributed by atoms with Gasteiger partial charge in [-0.15, -0.1) is 4.73 Å². The van der Waals surface area contributed by atoms with Gasteiger partial charge < -0.3 is 14.1 Å². The van der Waals surface area contributed by atoms with Crippen molar-refractivity contribution < 1.29 is 14.1 Å². The molecule has 3 rings (SSSR count). The minimum atomic E-state index is -0.591. The van der Waals surface area contributed by atoms with Crippen molar-refractivity contribution in [2.24, 2.45) is 0 Å². The van der Waals surface area contributed by atoms with E-state index in [1.54, 1.807) is 0 Å². The Balaban J connectivity index is 2.41. The minimum absolute atomic E-state index is 0.536. The molecule has 2 aliphatic heterocycles. The van der Waals surface area contributed by atoms with E-state index < -0.39 is 7.32 Å². The lowest BCUT2D eigenvalue weighted by Crippen LogP contribution is -2.32. The zero-order valence-electron chi connectivity index (χ0n) is 5.20. The molecule has 5 nitrogen and oxygen atoms in total. The highest BCUT2D eigenvalue weighted by Crippen LogP contribution is 2.36. The molecule has 0 amide bonds. The molecular formula is C4H3BN2O3. The van der Waals surface area contributed by atoms with Crippen LogP contribution in [-0.4, -0.2) is 17.0 Å². The summed E-state index contributed by atoms with van der Waals surface area (Å²) in [6.07, 6.45) is 0. The quantitative estimate of drug-likeness (QED) is 0.448. The summed E-state index contributed by atoms with van der Waals surface area (Å²) >= 11 is 0. The van der Waals surface area contributed by atoms with E-state index in [0.717, 1.165) is 5.82 Å². The Labute approximate surface area is 56.6 Å². The zero-order valence-corrected chi connectivity index (χ0v) is 5.20. The van der Waals surface area contributed by atoms with Crippen LogP contribution in [0.2, 0.25) is 0 Å². The van der Waals surface area contributed by atoms with Gasteiger partial charge in [-0.3, -0.25) is 0 Å². The van der Waals surface area contributed by atoms with Crippen LogP contribution < -0.4 is 14.1 Å². The van der Waals surface area contributed by atoms with E-state index in [1.807, 2.05) is 6.92 Å². The van der Waals surface area contributed by atoms with E-state index in [0.29, 0.717) is 11.8 Å². The molecule has 0 saturated carbocycles. The second-order valence-corrected chi connectivity index (χ2v) is 2.19. The molecule has 1 aromatic heterocycles. The SMILES string of the molecule is Cc1nc2c3n1OB(O2)O3. The Bertz CT molecular complexity index is 308. The van der Waals surface area contributed by atoms with Gasteiger partial charge in [-0.1, -0.05) is 0 Å². The number of hydrogen-bond donors (Lipinski definition) is 0. The second kappa shape index (κ2) is 1.09. The number of nitrogens with zero attached hydrogens (tertiary/aromatic N) is 2. The summed E-state index contributed by atoms with van der Waals surface area (Å²) in [6, 6.07) is 0. The summed E-state index contributed by atoms with van der Waals surface area (Å²) < 4.78 is 16.7. The van der Waals surface area contributed by atoms with Crippen molar-refractivity contribution in [1.82, 2.24) is 9.71 Å². The van der Waals surface area contributed by atoms with Gasteiger partial charge in [0.2, 0.25) is 0 Å². The molecule has 0 N–H and O–H groups in total. The smallest absolute Gasteiger partial charge is 0.469 e. The monoisotopic (exact) mass is 138 g/mol. The molecule has 50 valence electrons. The van der Waals surface area contributed by atoms with Crippen molar-refractivity contribution in [3.05, 3.63) is 5.82 Å². The van der Waals surface area contributed by atoms with Gasteiger partial charge in [-0.2, -0.15) is 4.98 Å². The largest absolute Gasteiger partial charge is 0.887 e. The number of aromatic nitrogens is 2. The van der Waals surface area contributed by atoms with Crippen molar-refractivity contribution in [3.8, 4) is 11.8 Å². The molecule has 0 saturated heterocycles. The lowest BCUT2D eigenvalue weighted by molar-refractivity contribution is 0.237. The highest BCUT2D eigenvalue weighted by atomic mass is 16.9. The lowest BCUT2D eigenvalue weighted by Gasteiger charge is -2.00. The topological polar surface area (TPSA) is 45.5 Å². The summed E-state index contributed by atoms with van der Waals surface area (Å²) in [5.41, 5.74) is 0. The number of rotatable bonds is 0. The maximum Gasteiger partial charge on any atom is 0.887 e. The van der Waals surface area contributed by atoms with E-state index >= 15 is 0 Å². The fourth-order valence-electron chi connectivity index (χ4n) is 1.11. The predicted octanol–water partition coefficient (Wildman–Crippen LogP) is -0.610. The number of aryl methyl sites for hydroxylation is 1. The van der Waals surface area contributed by atoms with Crippen molar-refractivity contribution in [3.63, 3.8) is 0 Å². The maximum atomic E-state index is 5.08. The van der Waals surface area contributed by atoms with Crippen LogP contribution in [0.3, 0.4) is 0 Å². The molecule has 0 fully saturated rings. The Hall–Kier alpha value is -1.33. The third-order valence-electron chi connectivity index (χ3n) is 1.53. The third kappa shape index (κ3) is 0.302. The van der Waals surface area contributed by atoms with Crippen molar-refractivity contribution in [2.45, 2.75) is 6.92 Å². The van der Waals surface area contributed by atoms with Crippen LogP contribution in [0, 0.1) is 6.92 Å². The molecule has 6 heteroatoms. The van der Waals surface area contributed by atoms with Crippen LogP contribution in [0.1, 0.15) is 5.82 Å². The Morgan fingerprint density at radius 3 is 3.00 bits per heavy atom. The predicted molar refractivity (Wildman–Crippen MR) is 30.6 cm³/mol. The number of fused-ring (bicyclic) bond motifs is 1.